The fraction of sp³-hybridized carbons (Fsp3) is 0.556. The highest BCUT2D eigenvalue weighted by atomic mass is 19.1. The molecule has 1 atom stereocenters. The van der Waals surface area contributed by atoms with Gasteiger partial charge in [-0.1, -0.05) is 12.1 Å². The molecule has 130 valence electrons. The minimum absolute atomic E-state index is 0.00505. The van der Waals surface area contributed by atoms with Gasteiger partial charge in [0.2, 0.25) is 5.91 Å². The molecule has 3 amide bonds. The molecule has 2 aliphatic heterocycles. The van der Waals surface area contributed by atoms with E-state index >= 15 is 0 Å². The van der Waals surface area contributed by atoms with E-state index in [1.54, 1.807) is 16.8 Å². The van der Waals surface area contributed by atoms with Crippen LogP contribution in [0.4, 0.5) is 9.18 Å². The Morgan fingerprint density at radius 1 is 1.17 bits per heavy atom. The Morgan fingerprint density at radius 2 is 1.83 bits per heavy atom. The van der Waals surface area contributed by atoms with Gasteiger partial charge in [-0.05, 0) is 49.3 Å². The van der Waals surface area contributed by atoms with Crippen LogP contribution in [-0.4, -0.2) is 54.5 Å². The molecule has 0 bridgehead atoms. The number of halogens is 1. The Morgan fingerprint density at radius 3 is 2.42 bits per heavy atom. The van der Waals surface area contributed by atoms with Gasteiger partial charge < -0.3 is 15.1 Å². The number of benzene rings is 1. The molecule has 6 heteroatoms. The number of piperidine rings is 1. The van der Waals surface area contributed by atoms with Gasteiger partial charge in [-0.3, -0.25) is 4.79 Å². The number of amides is 3. The van der Waals surface area contributed by atoms with E-state index in [1.165, 1.54) is 12.1 Å². The summed E-state index contributed by atoms with van der Waals surface area (Å²) < 4.78 is 12.9. The number of carbonyl (C=O) groups excluding carboxylic acids is 2. The van der Waals surface area contributed by atoms with Crippen molar-refractivity contribution >= 4 is 11.9 Å². The number of hydrogen-bond donors (Lipinski definition) is 1. The van der Waals surface area contributed by atoms with Gasteiger partial charge in [0.25, 0.3) is 0 Å². The predicted octanol–water partition coefficient (Wildman–Crippen LogP) is 2.02. The molecule has 0 radical (unpaired) electrons. The summed E-state index contributed by atoms with van der Waals surface area (Å²) in [5.41, 5.74) is 1.14. The number of hydrogen-bond acceptors (Lipinski definition) is 2. The van der Waals surface area contributed by atoms with Crippen molar-refractivity contribution in [1.82, 2.24) is 15.1 Å². The van der Waals surface area contributed by atoms with Gasteiger partial charge in [0, 0.05) is 26.7 Å². The van der Waals surface area contributed by atoms with E-state index in [0.29, 0.717) is 32.0 Å². The van der Waals surface area contributed by atoms with Gasteiger partial charge in [0.05, 0.1) is 0 Å². The lowest BCUT2D eigenvalue weighted by Crippen LogP contribution is -2.50. The van der Waals surface area contributed by atoms with Crippen LogP contribution in [0.5, 0.6) is 0 Å². The van der Waals surface area contributed by atoms with Crippen LogP contribution in [0, 0.1) is 11.7 Å². The number of nitrogens with zero attached hydrogens (tertiary/aromatic N) is 2. The summed E-state index contributed by atoms with van der Waals surface area (Å²) in [6.45, 7) is 2.10. The van der Waals surface area contributed by atoms with Gasteiger partial charge in [-0.2, -0.15) is 0 Å². The first-order valence-corrected chi connectivity index (χ1v) is 8.58. The number of likely N-dealkylation sites (N-methyl/N-ethyl adjacent to an activating group) is 1. The largest absolute Gasteiger partial charge is 0.344 e. The van der Waals surface area contributed by atoms with Gasteiger partial charge in [-0.25, -0.2) is 9.18 Å². The molecule has 1 N–H and O–H groups in total. The molecule has 0 spiro atoms. The van der Waals surface area contributed by atoms with Gasteiger partial charge in [0.1, 0.15) is 11.9 Å². The molecule has 2 aliphatic rings. The molecule has 1 aromatic rings. The predicted molar refractivity (Wildman–Crippen MR) is 89.0 cm³/mol. The topological polar surface area (TPSA) is 52.7 Å². The molecule has 2 heterocycles. The van der Waals surface area contributed by atoms with E-state index in [1.807, 2.05) is 12.1 Å². The first kappa shape index (κ1) is 16.7. The summed E-state index contributed by atoms with van der Waals surface area (Å²) in [6.07, 6.45) is 3.47. The standard InChI is InChI=1S/C18H24FN3O2/c1-21-9-8-16(17(21)23)20-18(24)22-10-6-14(7-11-22)12-13-2-4-15(19)5-3-13/h2-5,14,16H,6-12H2,1H3,(H,20,24)/t16-/m0/s1. The summed E-state index contributed by atoms with van der Waals surface area (Å²) in [6, 6.07) is 6.14. The fourth-order valence-electron chi connectivity index (χ4n) is 3.49. The van der Waals surface area contributed by atoms with E-state index in [9.17, 15) is 14.0 Å². The Bertz CT molecular complexity index is 597. The van der Waals surface area contributed by atoms with Crippen molar-refractivity contribution in [2.75, 3.05) is 26.7 Å². The Kier molecular flexibility index (Phi) is 5.02. The highest BCUT2D eigenvalue weighted by molar-refractivity contribution is 5.88. The van der Waals surface area contributed by atoms with Crippen molar-refractivity contribution in [2.45, 2.75) is 31.7 Å². The van der Waals surface area contributed by atoms with Crippen molar-refractivity contribution < 1.29 is 14.0 Å². The molecule has 0 saturated carbocycles. The van der Waals surface area contributed by atoms with Crippen LogP contribution >= 0.6 is 0 Å². The highest BCUT2D eigenvalue weighted by Crippen LogP contribution is 2.22. The van der Waals surface area contributed by atoms with E-state index in [2.05, 4.69) is 5.32 Å². The third-order valence-electron chi connectivity index (χ3n) is 5.06. The van der Waals surface area contributed by atoms with Crippen LogP contribution in [0.15, 0.2) is 24.3 Å². The van der Waals surface area contributed by atoms with Crippen molar-refractivity contribution in [1.29, 1.82) is 0 Å². The maximum atomic E-state index is 12.9. The number of likely N-dealkylation sites (tertiary alicyclic amines) is 2. The van der Waals surface area contributed by atoms with E-state index < -0.39 is 0 Å². The first-order valence-electron chi connectivity index (χ1n) is 8.58. The Hall–Kier alpha value is -2.11. The zero-order chi connectivity index (χ0) is 17.1. The van der Waals surface area contributed by atoms with Crippen LogP contribution in [0.2, 0.25) is 0 Å². The van der Waals surface area contributed by atoms with Crippen LogP contribution in [0.25, 0.3) is 0 Å². The first-order chi connectivity index (χ1) is 11.5. The molecule has 5 nitrogen and oxygen atoms in total. The van der Waals surface area contributed by atoms with E-state index in [-0.39, 0.29) is 23.8 Å². The van der Waals surface area contributed by atoms with Gasteiger partial charge >= 0.3 is 6.03 Å². The van der Waals surface area contributed by atoms with Crippen molar-refractivity contribution in [3.8, 4) is 0 Å². The minimum atomic E-state index is -0.376. The van der Waals surface area contributed by atoms with Crippen LogP contribution < -0.4 is 5.32 Å². The van der Waals surface area contributed by atoms with Crippen LogP contribution in [0.3, 0.4) is 0 Å². The third kappa shape index (κ3) is 3.86. The highest BCUT2D eigenvalue weighted by Gasteiger charge is 2.32. The molecule has 0 aromatic heterocycles. The van der Waals surface area contributed by atoms with Crippen LogP contribution in [0.1, 0.15) is 24.8 Å². The number of urea groups is 1. The maximum Gasteiger partial charge on any atom is 0.318 e. The lowest BCUT2D eigenvalue weighted by Gasteiger charge is -2.32. The molecule has 0 aliphatic carbocycles. The quantitative estimate of drug-likeness (QED) is 0.920. The fourth-order valence-corrected chi connectivity index (χ4v) is 3.49. The van der Waals surface area contributed by atoms with Gasteiger partial charge in [0.15, 0.2) is 0 Å². The average molecular weight is 333 g/mol. The zero-order valence-corrected chi connectivity index (χ0v) is 14.0. The average Bonchev–Trinajstić information content (AvgIpc) is 2.90. The summed E-state index contributed by atoms with van der Waals surface area (Å²) in [5, 5.41) is 2.85. The molecule has 2 saturated heterocycles. The lowest BCUT2D eigenvalue weighted by atomic mass is 9.90. The monoisotopic (exact) mass is 333 g/mol. The molecule has 2 fully saturated rings. The van der Waals surface area contributed by atoms with Crippen molar-refractivity contribution in [2.24, 2.45) is 5.92 Å². The minimum Gasteiger partial charge on any atom is -0.344 e. The molecule has 0 unspecified atom stereocenters. The second-order valence-corrected chi connectivity index (χ2v) is 6.81. The van der Waals surface area contributed by atoms with Crippen LogP contribution in [-0.2, 0) is 11.2 Å². The smallest absolute Gasteiger partial charge is 0.318 e. The molecular formula is C18H24FN3O2. The summed E-state index contributed by atoms with van der Waals surface area (Å²) in [4.78, 5) is 27.6. The Balaban J connectivity index is 1.45. The second-order valence-electron chi connectivity index (χ2n) is 6.81. The number of rotatable bonds is 3. The van der Waals surface area contributed by atoms with E-state index in [4.69, 9.17) is 0 Å². The van der Waals surface area contributed by atoms with E-state index in [0.717, 1.165) is 24.8 Å². The Labute approximate surface area is 141 Å². The summed E-state index contributed by atoms with van der Waals surface area (Å²) >= 11 is 0. The second kappa shape index (κ2) is 7.20. The lowest BCUT2D eigenvalue weighted by molar-refractivity contribution is -0.128. The van der Waals surface area contributed by atoms with Crippen molar-refractivity contribution in [3.63, 3.8) is 0 Å². The molecule has 24 heavy (non-hydrogen) atoms. The maximum absolute atomic E-state index is 12.9. The third-order valence-corrected chi connectivity index (χ3v) is 5.06. The molecular weight excluding hydrogens is 309 g/mol. The molecule has 1 aromatic carbocycles. The normalized spacial score (nSPS) is 22.1. The van der Waals surface area contributed by atoms with Crippen molar-refractivity contribution in [3.05, 3.63) is 35.6 Å². The molecule has 3 rings (SSSR count). The number of nitrogens with one attached hydrogen (secondary N) is 1. The summed E-state index contributed by atoms with van der Waals surface area (Å²) in [7, 11) is 1.76. The number of carbonyl (C=O) groups is 2. The zero-order valence-electron chi connectivity index (χ0n) is 14.0. The van der Waals surface area contributed by atoms with Gasteiger partial charge in [-0.15, -0.1) is 0 Å². The SMILES string of the molecule is CN1CC[C@H](NC(=O)N2CCC(Cc3ccc(F)cc3)CC2)C1=O. The summed E-state index contributed by atoms with van der Waals surface area (Å²) in [5.74, 6) is 0.297.